The van der Waals surface area contributed by atoms with Gasteiger partial charge in [0.15, 0.2) is 6.20 Å². The van der Waals surface area contributed by atoms with E-state index in [1.165, 1.54) is 12.1 Å². The molecule has 0 saturated carbocycles. The Balaban J connectivity index is 2.03. The Bertz CT molecular complexity index is 1070. The molecule has 1 nitrogen and oxygen atoms in total. The highest BCUT2D eigenvalue weighted by Gasteiger charge is 2.46. The third-order valence-electron chi connectivity index (χ3n) is 4.68. The number of aryl methyl sites for hydroxylation is 3. The molecule has 3 aromatic rings. The Morgan fingerprint density at radius 1 is 0.958 bits per heavy atom. The number of hydrogen-bond donors (Lipinski definition) is 0. The zero-order valence-corrected chi connectivity index (χ0v) is 13.4. The highest BCUT2D eigenvalue weighted by Crippen LogP contribution is 2.54. The maximum Gasteiger partial charge on any atom is 0.299 e. The lowest BCUT2D eigenvalue weighted by Crippen LogP contribution is -2.31. The van der Waals surface area contributed by atoms with Crippen molar-refractivity contribution in [2.45, 2.75) is 19.7 Å². The summed E-state index contributed by atoms with van der Waals surface area (Å²) in [5, 5.41) is 0. The number of alkyl halides is 2. The second-order valence-corrected chi connectivity index (χ2v) is 6.21. The molecule has 0 bridgehead atoms. The fourth-order valence-electron chi connectivity index (χ4n) is 3.57. The van der Waals surface area contributed by atoms with Gasteiger partial charge in [-0.2, -0.15) is 8.78 Å². The third-order valence-corrected chi connectivity index (χ3v) is 4.68. The molecule has 0 saturated heterocycles. The van der Waals surface area contributed by atoms with Gasteiger partial charge in [0.2, 0.25) is 5.69 Å². The summed E-state index contributed by atoms with van der Waals surface area (Å²) in [6.07, 6.45) is 1.54. The summed E-state index contributed by atoms with van der Waals surface area (Å²) < 4.78 is 54.4. The van der Waals surface area contributed by atoms with Gasteiger partial charge in [0, 0.05) is 32.4 Å². The number of aromatic nitrogens is 1. The van der Waals surface area contributed by atoms with E-state index in [2.05, 4.69) is 0 Å². The van der Waals surface area contributed by atoms with Crippen LogP contribution in [-0.4, -0.2) is 0 Å². The number of pyridine rings is 1. The van der Waals surface area contributed by atoms with Crippen molar-refractivity contribution in [3.63, 3.8) is 0 Å². The molecule has 0 unspecified atom stereocenters. The molecular formula is C21H18F2N+. The molecule has 4 rings (SSSR count). The van der Waals surface area contributed by atoms with E-state index in [9.17, 15) is 8.78 Å². The van der Waals surface area contributed by atoms with Crippen molar-refractivity contribution in [2.75, 3.05) is 0 Å². The van der Waals surface area contributed by atoms with Gasteiger partial charge < -0.3 is 0 Å². The first-order valence-electron chi connectivity index (χ1n) is 9.24. The topological polar surface area (TPSA) is 3.88 Å². The van der Waals surface area contributed by atoms with Crippen molar-refractivity contribution in [1.82, 2.24) is 0 Å². The Labute approximate surface area is 144 Å². The molecule has 3 heteroatoms. The van der Waals surface area contributed by atoms with E-state index in [0.717, 1.165) is 5.56 Å². The van der Waals surface area contributed by atoms with Crippen LogP contribution in [0.1, 0.15) is 26.4 Å². The molecular weight excluding hydrogens is 304 g/mol. The maximum absolute atomic E-state index is 15.0. The lowest BCUT2D eigenvalue weighted by molar-refractivity contribution is -0.660. The van der Waals surface area contributed by atoms with E-state index >= 15 is 0 Å². The Kier molecular flexibility index (Phi) is 2.47. The highest BCUT2D eigenvalue weighted by atomic mass is 19.3. The Morgan fingerprint density at radius 2 is 1.75 bits per heavy atom. The smallest absolute Gasteiger partial charge is 0.201 e. The van der Waals surface area contributed by atoms with Crippen LogP contribution in [0.25, 0.3) is 22.4 Å². The summed E-state index contributed by atoms with van der Waals surface area (Å²) in [6, 6.07) is 13.0. The lowest BCUT2D eigenvalue weighted by atomic mass is 9.92. The van der Waals surface area contributed by atoms with Crippen LogP contribution < -0.4 is 4.57 Å². The van der Waals surface area contributed by atoms with Crippen molar-refractivity contribution >= 4 is 0 Å². The van der Waals surface area contributed by atoms with Crippen LogP contribution in [-0.2, 0) is 13.0 Å². The first-order valence-corrected chi connectivity index (χ1v) is 7.74. The number of rotatable bonds is 1. The lowest BCUT2D eigenvalue weighted by Gasteiger charge is -2.14. The van der Waals surface area contributed by atoms with Crippen molar-refractivity contribution in [1.29, 1.82) is 0 Å². The number of nitrogens with zero attached hydrogens (tertiary/aromatic N) is 1. The molecule has 0 atom stereocenters. The second-order valence-electron chi connectivity index (χ2n) is 6.21. The van der Waals surface area contributed by atoms with Crippen LogP contribution in [0.2, 0.25) is 0 Å². The van der Waals surface area contributed by atoms with Gasteiger partial charge in [-0.15, -0.1) is 0 Å². The summed E-state index contributed by atoms with van der Waals surface area (Å²) in [5.74, 6) is -3.05. The first-order chi connectivity index (χ1) is 12.6. The molecule has 0 spiro atoms. The summed E-state index contributed by atoms with van der Waals surface area (Å²) in [6.45, 7) is -0.337. The minimum atomic E-state index is -3.05. The zero-order valence-electron chi connectivity index (χ0n) is 16.4. The molecule has 2 aromatic carbocycles. The van der Waals surface area contributed by atoms with Crippen molar-refractivity contribution < 1.29 is 17.5 Å². The van der Waals surface area contributed by atoms with Crippen LogP contribution in [0.15, 0.2) is 54.7 Å². The Hall–Kier alpha value is -2.55. The number of fused-ring (bicyclic) bond motifs is 3. The van der Waals surface area contributed by atoms with Gasteiger partial charge in [0.25, 0.3) is 5.92 Å². The standard InChI is InChI=1S/C21H18F2N/c1-13-8-11-18(24(3)12-13)19-14(2)9-10-17-20(19)15-6-4-5-7-16(15)21(17,22)23/h4-12H,1-3H3/q+1/i1D3. The van der Waals surface area contributed by atoms with Gasteiger partial charge in [-0.3, -0.25) is 0 Å². The predicted molar refractivity (Wildman–Crippen MR) is 91.0 cm³/mol. The van der Waals surface area contributed by atoms with E-state index in [1.54, 1.807) is 54.2 Å². The van der Waals surface area contributed by atoms with Crippen LogP contribution in [0.5, 0.6) is 0 Å². The van der Waals surface area contributed by atoms with E-state index in [0.29, 0.717) is 22.4 Å². The van der Waals surface area contributed by atoms with E-state index in [-0.39, 0.29) is 16.7 Å². The fraction of sp³-hybridized carbons (Fsp3) is 0.190. The second kappa shape index (κ2) is 4.97. The predicted octanol–water partition coefficient (Wildman–Crippen LogP) is 4.92. The molecule has 0 fully saturated rings. The molecule has 24 heavy (non-hydrogen) atoms. The van der Waals surface area contributed by atoms with Crippen LogP contribution in [0.4, 0.5) is 8.78 Å². The number of benzene rings is 2. The zero-order chi connectivity index (χ0) is 19.6. The van der Waals surface area contributed by atoms with Crippen molar-refractivity contribution in [3.05, 3.63) is 77.0 Å². The average Bonchev–Trinajstić information content (AvgIpc) is 2.83. The summed E-state index contributed by atoms with van der Waals surface area (Å²) in [4.78, 5) is 0. The number of halogens is 2. The minimum Gasteiger partial charge on any atom is -0.201 e. The fourth-order valence-corrected chi connectivity index (χ4v) is 3.57. The molecule has 0 amide bonds. The van der Waals surface area contributed by atoms with Crippen LogP contribution >= 0.6 is 0 Å². The molecule has 0 radical (unpaired) electrons. The van der Waals surface area contributed by atoms with E-state index in [4.69, 9.17) is 4.11 Å². The van der Waals surface area contributed by atoms with Gasteiger partial charge in [-0.05, 0) is 31.0 Å². The van der Waals surface area contributed by atoms with Gasteiger partial charge in [0.05, 0.1) is 5.56 Å². The highest BCUT2D eigenvalue weighted by molar-refractivity contribution is 5.91. The molecule has 120 valence electrons. The van der Waals surface area contributed by atoms with Gasteiger partial charge in [-0.25, -0.2) is 4.57 Å². The SMILES string of the molecule is [2H]C([2H])([2H])c1ccc(-c2c(C)ccc3c2-c2ccccc2C3(F)F)[n+](C)c1. The maximum atomic E-state index is 15.0. The normalized spacial score (nSPS) is 16.8. The van der Waals surface area contributed by atoms with Gasteiger partial charge in [-0.1, -0.05) is 36.4 Å². The average molecular weight is 325 g/mol. The molecule has 1 heterocycles. The van der Waals surface area contributed by atoms with Crippen molar-refractivity contribution in [2.24, 2.45) is 7.05 Å². The van der Waals surface area contributed by atoms with Crippen molar-refractivity contribution in [3.8, 4) is 22.4 Å². The summed E-state index contributed by atoms with van der Waals surface area (Å²) in [7, 11) is 1.74. The minimum absolute atomic E-state index is 0.00798. The molecule has 1 aromatic heterocycles. The van der Waals surface area contributed by atoms with Gasteiger partial charge in [0.1, 0.15) is 7.05 Å². The summed E-state index contributed by atoms with van der Waals surface area (Å²) >= 11 is 0. The summed E-state index contributed by atoms with van der Waals surface area (Å²) in [5.41, 5.74) is 3.52. The monoisotopic (exact) mass is 325 g/mol. The van der Waals surface area contributed by atoms with Gasteiger partial charge >= 0.3 is 0 Å². The quantitative estimate of drug-likeness (QED) is 0.559. The molecule has 1 aliphatic carbocycles. The first kappa shape index (κ1) is 11.9. The van der Waals surface area contributed by atoms with Crippen LogP contribution in [0.3, 0.4) is 0 Å². The van der Waals surface area contributed by atoms with E-state index < -0.39 is 12.8 Å². The molecule has 0 N–H and O–H groups in total. The molecule has 1 aliphatic rings. The van der Waals surface area contributed by atoms with E-state index in [1.807, 2.05) is 6.92 Å². The molecule has 0 aliphatic heterocycles. The Morgan fingerprint density at radius 3 is 2.50 bits per heavy atom. The third kappa shape index (κ3) is 1.94. The number of hydrogen-bond acceptors (Lipinski definition) is 0. The van der Waals surface area contributed by atoms with Crippen LogP contribution in [0, 0.1) is 13.8 Å². The largest absolute Gasteiger partial charge is 0.299 e.